The molecule has 1 amide bonds. The molecule has 2 aromatic carbocycles. The molecule has 2 aromatic rings. The quantitative estimate of drug-likeness (QED) is 0.864. The van der Waals surface area contributed by atoms with Gasteiger partial charge in [-0.15, -0.1) is 0 Å². The van der Waals surface area contributed by atoms with Gasteiger partial charge in [-0.25, -0.2) is 0 Å². The van der Waals surface area contributed by atoms with Crippen LogP contribution in [0.15, 0.2) is 42.5 Å². The maximum Gasteiger partial charge on any atom is 0.279 e. The summed E-state index contributed by atoms with van der Waals surface area (Å²) in [6, 6.07) is 13.3. The maximum absolute atomic E-state index is 12.1. The van der Waals surface area contributed by atoms with Crippen LogP contribution >= 0.6 is 23.2 Å². The van der Waals surface area contributed by atoms with Gasteiger partial charge in [0.15, 0.2) is 6.54 Å². The van der Waals surface area contributed by atoms with Crippen molar-refractivity contribution >= 4 is 34.8 Å². The Hall–Kier alpha value is -1.55. The second-order valence-corrected chi connectivity index (χ2v) is 6.24. The number of quaternary nitrogens is 1. The zero-order valence-corrected chi connectivity index (χ0v) is 14.1. The minimum Gasteiger partial charge on any atom is -0.326 e. The van der Waals surface area contributed by atoms with Crippen LogP contribution in [0.3, 0.4) is 0 Å². The van der Waals surface area contributed by atoms with Crippen LogP contribution in [0.25, 0.3) is 0 Å². The van der Waals surface area contributed by atoms with E-state index in [-0.39, 0.29) is 5.91 Å². The zero-order valence-electron chi connectivity index (χ0n) is 12.6. The first kappa shape index (κ1) is 16.8. The fraction of sp³-hybridized carbons (Fsp3) is 0.235. The highest BCUT2D eigenvalue weighted by Gasteiger charge is 2.12. The van der Waals surface area contributed by atoms with E-state index in [4.69, 9.17) is 23.2 Å². The third kappa shape index (κ3) is 4.73. The predicted molar refractivity (Wildman–Crippen MR) is 91.7 cm³/mol. The molecule has 0 heterocycles. The molecular weight excluding hydrogens is 319 g/mol. The standard InChI is InChI=1S/C17H18Cl2N2O/c1-12-5-3-4-6-16(12)20-17(22)11-21(2)10-13-7-8-14(18)15(19)9-13/h3-9H,10-11H2,1-2H3,(H,20,22)/p+1. The van der Waals surface area contributed by atoms with Crippen LogP contribution in [0.5, 0.6) is 0 Å². The molecule has 0 aliphatic carbocycles. The van der Waals surface area contributed by atoms with Gasteiger partial charge >= 0.3 is 0 Å². The van der Waals surface area contributed by atoms with Gasteiger partial charge in [-0.05, 0) is 30.7 Å². The van der Waals surface area contributed by atoms with Gasteiger partial charge < -0.3 is 10.2 Å². The van der Waals surface area contributed by atoms with E-state index in [1.807, 2.05) is 50.4 Å². The summed E-state index contributed by atoms with van der Waals surface area (Å²) in [7, 11) is 1.97. The third-order valence-electron chi connectivity index (χ3n) is 3.37. The number of carbonyl (C=O) groups is 1. The van der Waals surface area contributed by atoms with E-state index < -0.39 is 0 Å². The predicted octanol–water partition coefficient (Wildman–Crippen LogP) is 2.96. The highest BCUT2D eigenvalue weighted by Crippen LogP contribution is 2.22. The number of nitrogens with one attached hydrogen (secondary N) is 2. The molecule has 3 nitrogen and oxygen atoms in total. The van der Waals surface area contributed by atoms with Gasteiger partial charge in [0.2, 0.25) is 0 Å². The van der Waals surface area contributed by atoms with Crippen LogP contribution in [0.1, 0.15) is 11.1 Å². The number of aryl methyl sites for hydroxylation is 1. The molecule has 2 N–H and O–H groups in total. The lowest BCUT2D eigenvalue weighted by atomic mass is 10.2. The average Bonchev–Trinajstić information content (AvgIpc) is 2.45. The number of para-hydroxylation sites is 1. The minimum atomic E-state index is -0.00754. The number of likely N-dealkylation sites (N-methyl/N-ethyl adjacent to an activating group) is 1. The molecule has 0 aliphatic rings. The Morgan fingerprint density at radius 3 is 2.55 bits per heavy atom. The maximum atomic E-state index is 12.1. The van der Waals surface area contributed by atoms with Crippen LogP contribution in [-0.4, -0.2) is 19.5 Å². The van der Waals surface area contributed by atoms with E-state index >= 15 is 0 Å². The lowest BCUT2D eigenvalue weighted by molar-refractivity contribution is -0.885. The Kier molecular flexibility index (Phi) is 5.83. The molecule has 0 radical (unpaired) electrons. The summed E-state index contributed by atoms with van der Waals surface area (Å²) >= 11 is 11.9. The fourth-order valence-corrected chi connectivity index (χ4v) is 2.56. The van der Waals surface area contributed by atoms with E-state index in [1.54, 1.807) is 6.07 Å². The lowest BCUT2D eigenvalue weighted by Crippen LogP contribution is -3.08. The molecule has 22 heavy (non-hydrogen) atoms. The molecule has 1 unspecified atom stereocenters. The Morgan fingerprint density at radius 2 is 1.86 bits per heavy atom. The molecule has 0 bridgehead atoms. The molecule has 1 atom stereocenters. The number of benzene rings is 2. The average molecular weight is 338 g/mol. The molecule has 5 heteroatoms. The summed E-state index contributed by atoms with van der Waals surface area (Å²) in [5.74, 6) is -0.00754. The molecule has 2 rings (SSSR count). The van der Waals surface area contributed by atoms with E-state index in [0.717, 1.165) is 21.7 Å². The highest BCUT2D eigenvalue weighted by atomic mass is 35.5. The van der Waals surface area contributed by atoms with Crippen molar-refractivity contribution in [2.75, 3.05) is 18.9 Å². The second-order valence-electron chi connectivity index (χ2n) is 5.42. The zero-order chi connectivity index (χ0) is 16.1. The molecule has 0 saturated heterocycles. The van der Waals surface area contributed by atoms with Crippen molar-refractivity contribution < 1.29 is 9.69 Å². The Bertz CT molecular complexity index is 673. The molecule has 0 aromatic heterocycles. The summed E-state index contributed by atoms with van der Waals surface area (Å²) in [4.78, 5) is 13.2. The number of carbonyl (C=O) groups excluding carboxylic acids is 1. The number of halogens is 2. The van der Waals surface area contributed by atoms with E-state index in [9.17, 15) is 4.79 Å². The molecule has 116 valence electrons. The van der Waals surface area contributed by atoms with Gasteiger partial charge in [-0.1, -0.05) is 47.5 Å². The first-order valence-electron chi connectivity index (χ1n) is 7.06. The van der Waals surface area contributed by atoms with Crippen molar-refractivity contribution in [1.29, 1.82) is 0 Å². The monoisotopic (exact) mass is 337 g/mol. The summed E-state index contributed by atoms with van der Waals surface area (Å²) < 4.78 is 0. The van der Waals surface area contributed by atoms with Crippen molar-refractivity contribution in [2.45, 2.75) is 13.5 Å². The normalized spacial score (nSPS) is 12.0. The van der Waals surface area contributed by atoms with Crippen molar-refractivity contribution in [3.8, 4) is 0 Å². The van der Waals surface area contributed by atoms with Crippen molar-refractivity contribution in [3.63, 3.8) is 0 Å². The van der Waals surface area contributed by atoms with Gasteiger partial charge in [0.05, 0.1) is 17.1 Å². The van der Waals surface area contributed by atoms with Gasteiger partial charge in [0, 0.05) is 11.3 Å². The largest absolute Gasteiger partial charge is 0.326 e. The molecule has 0 aliphatic heterocycles. The van der Waals surface area contributed by atoms with E-state index in [1.165, 1.54) is 0 Å². The van der Waals surface area contributed by atoms with Gasteiger partial charge in [-0.2, -0.15) is 0 Å². The molecular formula is C17H19Cl2N2O+. The van der Waals surface area contributed by atoms with Crippen molar-refractivity contribution in [3.05, 3.63) is 63.6 Å². The smallest absolute Gasteiger partial charge is 0.279 e. The van der Waals surface area contributed by atoms with Crippen molar-refractivity contribution in [2.24, 2.45) is 0 Å². The van der Waals surface area contributed by atoms with Gasteiger partial charge in [0.1, 0.15) is 6.54 Å². The summed E-state index contributed by atoms with van der Waals surface area (Å²) in [6.07, 6.45) is 0. The topological polar surface area (TPSA) is 33.5 Å². The number of rotatable bonds is 5. The highest BCUT2D eigenvalue weighted by molar-refractivity contribution is 6.42. The molecule has 0 fully saturated rings. The van der Waals surface area contributed by atoms with Gasteiger partial charge in [0.25, 0.3) is 5.91 Å². The second kappa shape index (κ2) is 7.63. The fourth-order valence-electron chi connectivity index (χ4n) is 2.24. The first-order valence-corrected chi connectivity index (χ1v) is 7.82. The summed E-state index contributed by atoms with van der Waals surface area (Å²) in [6.45, 7) is 3.06. The summed E-state index contributed by atoms with van der Waals surface area (Å²) in [5, 5.41) is 4.02. The number of hydrogen-bond acceptors (Lipinski definition) is 1. The molecule has 0 spiro atoms. The number of hydrogen-bond donors (Lipinski definition) is 2. The van der Waals surface area contributed by atoms with E-state index in [2.05, 4.69) is 5.32 Å². The van der Waals surface area contributed by atoms with Crippen LogP contribution < -0.4 is 10.2 Å². The first-order chi connectivity index (χ1) is 10.5. The Balaban J connectivity index is 1.91. The summed E-state index contributed by atoms with van der Waals surface area (Å²) in [5.41, 5.74) is 2.96. The number of amides is 1. The third-order valence-corrected chi connectivity index (χ3v) is 4.11. The van der Waals surface area contributed by atoms with Crippen LogP contribution in [0.2, 0.25) is 10.0 Å². The van der Waals surface area contributed by atoms with E-state index in [0.29, 0.717) is 23.1 Å². The van der Waals surface area contributed by atoms with Gasteiger partial charge in [-0.3, -0.25) is 4.79 Å². The SMILES string of the molecule is Cc1ccccc1NC(=O)C[NH+](C)Cc1ccc(Cl)c(Cl)c1. The Morgan fingerprint density at radius 1 is 1.14 bits per heavy atom. The van der Waals surface area contributed by atoms with Crippen LogP contribution in [-0.2, 0) is 11.3 Å². The van der Waals surface area contributed by atoms with Crippen LogP contribution in [0.4, 0.5) is 5.69 Å². The lowest BCUT2D eigenvalue weighted by Gasteiger charge is -2.15. The minimum absolute atomic E-state index is 0.00754. The molecule has 0 saturated carbocycles. The Labute approximate surface area is 140 Å². The van der Waals surface area contributed by atoms with Crippen molar-refractivity contribution in [1.82, 2.24) is 0 Å². The number of anilines is 1. The van der Waals surface area contributed by atoms with Crippen LogP contribution in [0, 0.1) is 6.92 Å².